The van der Waals surface area contributed by atoms with E-state index in [-0.39, 0.29) is 5.75 Å². The van der Waals surface area contributed by atoms with E-state index in [0.717, 1.165) is 40.3 Å². The molecule has 0 amide bonds. The molecule has 0 atom stereocenters. The summed E-state index contributed by atoms with van der Waals surface area (Å²) in [6.45, 7) is 5.03. The topological polar surface area (TPSA) is 74.9 Å². The molecule has 0 aliphatic carbocycles. The molecule has 8 heteroatoms. The van der Waals surface area contributed by atoms with E-state index >= 15 is 0 Å². The fraction of sp³-hybridized carbons (Fsp3) is 0.238. The van der Waals surface area contributed by atoms with E-state index in [1.165, 1.54) is 12.3 Å². The Morgan fingerprint density at radius 1 is 1.14 bits per heavy atom. The molecule has 0 spiro atoms. The van der Waals surface area contributed by atoms with E-state index in [1.54, 1.807) is 6.07 Å². The summed E-state index contributed by atoms with van der Waals surface area (Å²) in [6.07, 6.45) is 2.24. The smallest absolute Gasteiger partial charge is 0.168 e. The number of hydrogen-bond acceptors (Lipinski definition) is 6. The summed E-state index contributed by atoms with van der Waals surface area (Å²) in [5.41, 5.74) is 3.91. The van der Waals surface area contributed by atoms with Gasteiger partial charge in [0.15, 0.2) is 23.1 Å². The molecule has 3 heterocycles. The highest BCUT2D eigenvalue weighted by atomic mass is 19.1. The highest BCUT2D eigenvalue weighted by Gasteiger charge is 2.22. The van der Waals surface area contributed by atoms with Crippen LogP contribution in [0.3, 0.4) is 0 Å². The van der Waals surface area contributed by atoms with Crippen LogP contribution in [-0.2, 0) is 13.0 Å². The molecule has 2 aromatic heterocycles. The van der Waals surface area contributed by atoms with Gasteiger partial charge in [0.1, 0.15) is 17.6 Å². The maximum atomic E-state index is 13.9. The lowest BCUT2D eigenvalue weighted by atomic mass is 10.0. The highest BCUT2D eigenvalue weighted by molar-refractivity contribution is 5.53. The molecule has 3 aromatic rings. The second-order valence-corrected chi connectivity index (χ2v) is 6.86. The van der Waals surface area contributed by atoms with Crippen molar-refractivity contribution in [3.63, 3.8) is 0 Å². The molecule has 0 bridgehead atoms. The van der Waals surface area contributed by atoms with E-state index in [2.05, 4.69) is 20.1 Å². The van der Waals surface area contributed by atoms with Crippen LogP contribution >= 0.6 is 0 Å². The Bertz CT molecular complexity index is 1140. The minimum atomic E-state index is -0.775. The molecule has 6 nitrogen and oxygen atoms in total. The highest BCUT2D eigenvalue weighted by Crippen LogP contribution is 2.30. The average Bonchev–Trinajstić information content (AvgIpc) is 2.71. The van der Waals surface area contributed by atoms with Gasteiger partial charge >= 0.3 is 0 Å². The molecule has 0 saturated carbocycles. The van der Waals surface area contributed by atoms with E-state index in [1.807, 2.05) is 19.9 Å². The molecule has 29 heavy (non-hydrogen) atoms. The number of fused-ring (bicyclic) bond motifs is 1. The van der Waals surface area contributed by atoms with Crippen LogP contribution in [-0.4, -0.2) is 21.7 Å². The maximum absolute atomic E-state index is 13.9. The molecule has 4 rings (SSSR count). The van der Waals surface area contributed by atoms with E-state index < -0.39 is 11.6 Å². The van der Waals surface area contributed by atoms with Gasteiger partial charge in [-0.15, -0.1) is 10.2 Å². The molecule has 1 aliphatic rings. The fourth-order valence-electron chi connectivity index (χ4n) is 3.33. The Hall–Kier alpha value is -3.60. The summed E-state index contributed by atoms with van der Waals surface area (Å²) >= 11 is 0. The molecule has 146 valence electrons. The lowest BCUT2D eigenvalue weighted by molar-refractivity contribution is 0.434. The summed E-state index contributed by atoms with van der Waals surface area (Å²) < 4.78 is 32.5. The minimum Gasteiger partial charge on any atom is -0.453 e. The first-order valence-electron chi connectivity index (χ1n) is 9.06. The maximum Gasteiger partial charge on any atom is 0.168 e. The van der Waals surface area contributed by atoms with Gasteiger partial charge in [-0.1, -0.05) is 0 Å². The van der Waals surface area contributed by atoms with Crippen LogP contribution in [0.25, 0.3) is 0 Å². The summed E-state index contributed by atoms with van der Waals surface area (Å²) in [4.78, 5) is 6.50. The van der Waals surface area contributed by atoms with E-state index in [9.17, 15) is 8.78 Å². The van der Waals surface area contributed by atoms with Gasteiger partial charge in [-0.05, 0) is 48.7 Å². The monoisotopic (exact) mass is 393 g/mol. The zero-order chi connectivity index (χ0) is 20.5. The molecule has 0 fully saturated rings. The molecule has 0 unspecified atom stereocenters. The Balaban J connectivity index is 1.60. The first kappa shape index (κ1) is 18.7. The van der Waals surface area contributed by atoms with Crippen molar-refractivity contribution < 1.29 is 13.5 Å². The van der Waals surface area contributed by atoms with Gasteiger partial charge in [0.2, 0.25) is 0 Å². The van der Waals surface area contributed by atoms with Crippen molar-refractivity contribution in [3.05, 3.63) is 70.2 Å². The summed E-state index contributed by atoms with van der Waals surface area (Å²) in [6, 6.07) is 7.01. The third-order valence-electron chi connectivity index (χ3n) is 5.04. The predicted octanol–water partition coefficient (Wildman–Crippen LogP) is 3.99. The number of halogens is 2. The Morgan fingerprint density at radius 2 is 1.97 bits per heavy atom. The second kappa shape index (κ2) is 7.43. The first-order chi connectivity index (χ1) is 14.0. The largest absolute Gasteiger partial charge is 0.453 e. The van der Waals surface area contributed by atoms with Crippen molar-refractivity contribution in [1.29, 1.82) is 5.26 Å². The molecular formula is C21H17F2N5O. The van der Waals surface area contributed by atoms with Gasteiger partial charge in [0.25, 0.3) is 0 Å². The van der Waals surface area contributed by atoms with Crippen LogP contribution < -0.4 is 9.64 Å². The predicted molar refractivity (Wildman–Crippen MR) is 102 cm³/mol. The van der Waals surface area contributed by atoms with Gasteiger partial charge in [-0.2, -0.15) is 5.26 Å². The van der Waals surface area contributed by atoms with Crippen molar-refractivity contribution in [2.24, 2.45) is 0 Å². The number of pyridine rings is 1. The van der Waals surface area contributed by atoms with Crippen LogP contribution in [0.5, 0.6) is 11.5 Å². The van der Waals surface area contributed by atoms with Crippen molar-refractivity contribution in [1.82, 2.24) is 15.2 Å². The van der Waals surface area contributed by atoms with Gasteiger partial charge in [0.05, 0.1) is 6.20 Å². The number of hydrogen-bond donors (Lipinski definition) is 0. The van der Waals surface area contributed by atoms with Crippen molar-refractivity contribution >= 4 is 5.82 Å². The number of rotatable bonds is 3. The first-order valence-corrected chi connectivity index (χ1v) is 9.06. The molecule has 0 saturated heterocycles. The van der Waals surface area contributed by atoms with E-state index in [4.69, 9.17) is 10.00 Å². The molecule has 0 radical (unpaired) electrons. The van der Waals surface area contributed by atoms with Gasteiger partial charge < -0.3 is 9.64 Å². The number of benzene rings is 1. The average molecular weight is 393 g/mol. The van der Waals surface area contributed by atoms with Crippen LogP contribution in [0.15, 0.2) is 30.5 Å². The number of nitrogens with zero attached hydrogens (tertiary/aromatic N) is 5. The van der Waals surface area contributed by atoms with Crippen LogP contribution in [0.1, 0.15) is 28.1 Å². The van der Waals surface area contributed by atoms with Gasteiger partial charge in [0, 0.05) is 31.3 Å². The lowest BCUT2D eigenvalue weighted by Gasteiger charge is -2.30. The van der Waals surface area contributed by atoms with Crippen LogP contribution in [0.2, 0.25) is 0 Å². The Kier molecular flexibility index (Phi) is 4.80. The molecule has 1 aliphatic heterocycles. The summed E-state index contributed by atoms with van der Waals surface area (Å²) in [5.74, 6) is -0.408. The third kappa shape index (κ3) is 3.59. The number of nitriles is 1. The number of anilines is 1. The molecule has 1 aromatic carbocycles. The van der Waals surface area contributed by atoms with Crippen molar-refractivity contribution in [2.45, 2.75) is 26.8 Å². The summed E-state index contributed by atoms with van der Waals surface area (Å²) in [7, 11) is 0. The lowest BCUT2D eigenvalue weighted by Crippen LogP contribution is -2.32. The molecule has 0 N–H and O–H groups in total. The van der Waals surface area contributed by atoms with Gasteiger partial charge in [-0.25, -0.2) is 8.78 Å². The second-order valence-electron chi connectivity index (χ2n) is 6.86. The van der Waals surface area contributed by atoms with E-state index in [0.29, 0.717) is 31.0 Å². The molecular weight excluding hydrogens is 376 g/mol. The standard InChI is InChI=1S/C21H17F2N5O/c1-12-13(2)21(27-26-19(12)9-24)28-6-5-18-14(11-28)7-16(10-25-18)29-20-4-3-15(22)8-17(20)23/h3-4,7-8,10H,5-6,11H2,1-2H3. The Morgan fingerprint density at radius 3 is 2.72 bits per heavy atom. The quantitative estimate of drug-likeness (QED) is 0.670. The SMILES string of the molecule is Cc1c(C#N)nnc(N2CCc3ncc(Oc4ccc(F)cc4F)cc3C2)c1C. The third-order valence-corrected chi connectivity index (χ3v) is 5.04. The van der Waals surface area contributed by atoms with Crippen LogP contribution in [0.4, 0.5) is 14.6 Å². The van der Waals surface area contributed by atoms with Crippen molar-refractivity contribution in [3.8, 4) is 17.6 Å². The zero-order valence-electron chi connectivity index (χ0n) is 15.9. The number of ether oxygens (including phenoxy) is 1. The number of aromatic nitrogens is 3. The minimum absolute atomic E-state index is 0.0646. The van der Waals surface area contributed by atoms with Crippen molar-refractivity contribution in [2.75, 3.05) is 11.4 Å². The fourth-order valence-corrected chi connectivity index (χ4v) is 3.33. The Labute approximate surface area is 166 Å². The zero-order valence-corrected chi connectivity index (χ0v) is 15.9. The van der Waals surface area contributed by atoms with Crippen LogP contribution in [0, 0.1) is 36.8 Å². The van der Waals surface area contributed by atoms with Gasteiger partial charge in [-0.3, -0.25) is 4.98 Å². The summed E-state index contributed by atoms with van der Waals surface area (Å²) in [5, 5.41) is 17.4. The normalized spacial score (nSPS) is 13.0.